The molecule has 0 radical (unpaired) electrons. The third-order valence-corrected chi connectivity index (χ3v) is 1.18. The Bertz CT molecular complexity index is 116. The van der Waals surface area contributed by atoms with Crippen molar-refractivity contribution in [2.45, 2.75) is 6.10 Å². The molecule has 1 saturated heterocycles. The summed E-state index contributed by atoms with van der Waals surface area (Å²) in [5.41, 5.74) is 0. The van der Waals surface area contributed by atoms with Gasteiger partial charge in [0, 0.05) is 6.54 Å². The molecule has 1 aliphatic rings. The van der Waals surface area contributed by atoms with Crippen molar-refractivity contribution in [2.75, 3.05) is 20.1 Å². The molecule has 9 heavy (non-hydrogen) atoms. The van der Waals surface area contributed by atoms with Crippen LogP contribution in [0.15, 0.2) is 0 Å². The van der Waals surface area contributed by atoms with Crippen LogP contribution in [-0.4, -0.2) is 32.3 Å². The Kier molecular flexibility index (Phi) is 1.89. The third-order valence-electron chi connectivity index (χ3n) is 1.18. The van der Waals surface area contributed by atoms with Crippen LogP contribution in [0, 0.1) is 0 Å². The van der Waals surface area contributed by atoms with Gasteiger partial charge in [-0.3, -0.25) is 0 Å². The van der Waals surface area contributed by atoms with Crippen LogP contribution < -0.4 is 10.6 Å². The number of carbonyl (C=O) groups is 1. The number of carbonyl (C=O) groups excluding carboxylic acids is 1. The highest BCUT2D eigenvalue weighted by molar-refractivity contribution is 5.69. The van der Waals surface area contributed by atoms with Crippen molar-refractivity contribution in [3.63, 3.8) is 0 Å². The highest BCUT2D eigenvalue weighted by atomic mass is 16.6. The summed E-state index contributed by atoms with van der Waals surface area (Å²) in [6.45, 7) is 1.35. The summed E-state index contributed by atoms with van der Waals surface area (Å²) in [5.74, 6) is 0. The molecular weight excluding hydrogens is 120 g/mol. The van der Waals surface area contributed by atoms with Crippen molar-refractivity contribution in [3.8, 4) is 0 Å². The van der Waals surface area contributed by atoms with Gasteiger partial charge in [0.2, 0.25) is 0 Å². The Balaban J connectivity index is 2.22. The topological polar surface area (TPSA) is 50.4 Å². The van der Waals surface area contributed by atoms with E-state index in [1.807, 2.05) is 7.05 Å². The van der Waals surface area contributed by atoms with Crippen molar-refractivity contribution >= 4 is 6.09 Å². The summed E-state index contributed by atoms with van der Waals surface area (Å²) < 4.78 is 4.79. The molecule has 0 bridgehead atoms. The molecule has 1 heterocycles. The van der Waals surface area contributed by atoms with Gasteiger partial charge in [0.25, 0.3) is 0 Å². The SMILES string of the molecule is CNC[C@H]1CNC(=O)O1. The van der Waals surface area contributed by atoms with E-state index in [1.54, 1.807) is 0 Å². The van der Waals surface area contributed by atoms with Gasteiger partial charge in [-0.1, -0.05) is 0 Å². The van der Waals surface area contributed by atoms with Crippen LogP contribution in [0.1, 0.15) is 0 Å². The molecule has 0 saturated carbocycles. The minimum absolute atomic E-state index is 0.0162. The van der Waals surface area contributed by atoms with Gasteiger partial charge in [-0.25, -0.2) is 4.79 Å². The molecule has 52 valence electrons. The first-order chi connectivity index (χ1) is 4.33. The highest BCUT2D eigenvalue weighted by Gasteiger charge is 2.20. The highest BCUT2D eigenvalue weighted by Crippen LogP contribution is 1.96. The summed E-state index contributed by atoms with van der Waals surface area (Å²) >= 11 is 0. The van der Waals surface area contributed by atoms with Crippen LogP contribution >= 0.6 is 0 Å². The average molecular weight is 130 g/mol. The van der Waals surface area contributed by atoms with E-state index in [9.17, 15) is 4.79 Å². The van der Waals surface area contributed by atoms with E-state index in [0.29, 0.717) is 6.54 Å². The lowest BCUT2D eigenvalue weighted by Crippen LogP contribution is -2.26. The number of hydrogen-bond donors (Lipinski definition) is 2. The lowest BCUT2D eigenvalue weighted by atomic mass is 10.4. The standard InChI is InChI=1S/C5H10N2O2/c1-6-2-4-3-7-5(8)9-4/h4,6H,2-3H2,1H3,(H,7,8)/t4-/m0/s1. The fourth-order valence-corrected chi connectivity index (χ4v) is 0.773. The smallest absolute Gasteiger partial charge is 0.407 e. The van der Waals surface area contributed by atoms with E-state index in [2.05, 4.69) is 10.6 Å². The summed E-state index contributed by atoms with van der Waals surface area (Å²) in [7, 11) is 1.83. The predicted octanol–water partition coefficient (Wildman–Crippen LogP) is -0.686. The zero-order valence-electron chi connectivity index (χ0n) is 5.31. The van der Waals surface area contributed by atoms with E-state index in [-0.39, 0.29) is 12.2 Å². The monoisotopic (exact) mass is 130 g/mol. The Labute approximate surface area is 53.6 Å². The second kappa shape index (κ2) is 2.68. The summed E-state index contributed by atoms with van der Waals surface area (Å²) in [5, 5.41) is 5.47. The summed E-state index contributed by atoms with van der Waals surface area (Å²) in [6, 6.07) is 0. The number of rotatable bonds is 2. The number of alkyl carbamates (subject to hydrolysis) is 1. The van der Waals surface area contributed by atoms with Gasteiger partial charge in [-0.15, -0.1) is 0 Å². The minimum atomic E-state index is -0.310. The molecule has 2 N–H and O–H groups in total. The minimum Gasteiger partial charge on any atom is -0.443 e. The number of likely N-dealkylation sites (N-methyl/N-ethyl adjacent to an activating group) is 1. The Morgan fingerprint density at radius 2 is 2.78 bits per heavy atom. The largest absolute Gasteiger partial charge is 0.443 e. The summed E-state index contributed by atoms with van der Waals surface area (Å²) in [4.78, 5) is 10.4. The van der Waals surface area contributed by atoms with Crippen LogP contribution in [0.5, 0.6) is 0 Å². The first-order valence-corrected chi connectivity index (χ1v) is 2.92. The number of amides is 1. The fourth-order valence-electron chi connectivity index (χ4n) is 0.773. The van der Waals surface area contributed by atoms with E-state index in [1.165, 1.54) is 0 Å². The van der Waals surface area contributed by atoms with Crippen molar-refractivity contribution in [1.82, 2.24) is 10.6 Å². The molecule has 4 heteroatoms. The molecule has 1 rings (SSSR count). The van der Waals surface area contributed by atoms with Crippen molar-refractivity contribution in [1.29, 1.82) is 0 Å². The van der Waals surface area contributed by atoms with Gasteiger partial charge in [0.05, 0.1) is 6.54 Å². The van der Waals surface area contributed by atoms with Gasteiger partial charge < -0.3 is 15.4 Å². The average Bonchev–Trinajstić information content (AvgIpc) is 2.17. The maximum Gasteiger partial charge on any atom is 0.407 e. The maximum atomic E-state index is 10.4. The first-order valence-electron chi connectivity index (χ1n) is 2.92. The normalized spacial score (nSPS) is 25.4. The van der Waals surface area contributed by atoms with Crippen molar-refractivity contribution < 1.29 is 9.53 Å². The molecule has 0 aliphatic carbocycles. The third kappa shape index (κ3) is 1.57. The molecule has 0 aromatic heterocycles. The molecular formula is C5H10N2O2. The molecule has 0 aromatic carbocycles. The molecule has 1 aliphatic heterocycles. The van der Waals surface area contributed by atoms with Gasteiger partial charge in [0.15, 0.2) is 0 Å². The van der Waals surface area contributed by atoms with Crippen LogP contribution in [-0.2, 0) is 4.74 Å². The lowest BCUT2D eigenvalue weighted by Gasteiger charge is -2.03. The Morgan fingerprint density at radius 3 is 3.22 bits per heavy atom. The van der Waals surface area contributed by atoms with Crippen LogP contribution in [0.4, 0.5) is 4.79 Å². The lowest BCUT2D eigenvalue weighted by molar-refractivity contribution is 0.140. The zero-order chi connectivity index (χ0) is 6.69. The summed E-state index contributed by atoms with van der Waals surface area (Å²) in [6.07, 6.45) is -0.294. The Morgan fingerprint density at radius 1 is 2.00 bits per heavy atom. The molecule has 4 nitrogen and oxygen atoms in total. The van der Waals surface area contributed by atoms with E-state index in [0.717, 1.165) is 6.54 Å². The number of cyclic esters (lactones) is 1. The molecule has 0 aromatic rings. The quantitative estimate of drug-likeness (QED) is 0.520. The predicted molar refractivity (Wildman–Crippen MR) is 32.2 cm³/mol. The molecule has 1 amide bonds. The van der Waals surface area contributed by atoms with E-state index >= 15 is 0 Å². The maximum absolute atomic E-state index is 10.4. The van der Waals surface area contributed by atoms with Crippen LogP contribution in [0.2, 0.25) is 0 Å². The Hall–Kier alpha value is -0.770. The molecule has 1 atom stereocenters. The number of ether oxygens (including phenoxy) is 1. The molecule has 1 fully saturated rings. The van der Waals surface area contributed by atoms with Crippen molar-refractivity contribution in [3.05, 3.63) is 0 Å². The number of nitrogens with one attached hydrogen (secondary N) is 2. The zero-order valence-corrected chi connectivity index (χ0v) is 5.31. The second-order valence-corrected chi connectivity index (χ2v) is 1.97. The first kappa shape index (κ1) is 6.35. The van der Waals surface area contributed by atoms with Gasteiger partial charge in [-0.2, -0.15) is 0 Å². The van der Waals surface area contributed by atoms with E-state index < -0.39 is 0 Å². The van der Waals surface area contributed by atoms with Gasteiger partial charge in [0.1, 0.15) is 6.10 Å². The van der Waals surface area contributed by atoms with Crippen molar-refractivity contribution in [2.24, 2.45) is 0 Å². The second-order valence-electron chi connectivity index (χ2n) is 1.97. The molecule has 0 unspecified atom stereocenters. The van der Waals surface area contributed by atoms with Gasteiger partial charge in [-0.05, 0) is 7.05 Å². The van der Waals surface area contributed by atoms with Crippen LogP contribution in [0.25, 0.3) is 0 Å². The van der Waals surface area contributed by atoms with Gasteiger partial charge >= 0.3 is 6.09 Å². The van der Waals surface area contributed by atoms with E-state index in [4.69, 9.17) is 4.74 Å². The van der Waals surface area contributed by atoms with Crippen LogP contribution in [0.3, 0.4) is 0 Å². The number of hydrogen-bond acceptors (Lipinski definition) is 3. The molecule has 0 spiro atoms. The fraction of sp³-hybridized carbons (Fsp3) is 0.800.